The van der Waals surface area contributed by atoms with Gasteiger partial charge in [-0.25, -0.2) is 0 Å². The molecule has 2 atom stereocenters. The Morgan fingerprint density at radius 2 is 0.800 bits per heavy atom. The van der Waals surface area contributed by atoms with Gasteiger partial charge in [-0.1, -0.05) is 115 Å². The molecule has 0 saturated heterocycles. The van der Waals surface area contributed by atoms with Crippen LogP contribution in [0.1, 0.15) is 115 Å². The molecule has 0 aliphatic rings. The van der Waals surface area contributed by atoms with E-state index in [0.29, 0.717) is 0 Å². The van der Waals surface area contributed by atoms with Crippen LogP contribution in [0.15, 0.2) is 48.5 Å². The van der Waals surface area contributed by atoms with Gasteiger partial charge in [0.05, 0.1) is 0 Å². The molecular weight excluding hydrogens is 638 g/mol. The molecule has 2 unspecified atom stereocenters. The average molecular weight is 693 g/mol. The van der Waals surface area contributed by atoms with E-state index in [0.717, 1.165) is 24.3 Å². The van der Waals surface area contributed by atoms with Crippen LogP contribution in [0.3, 0.4) is 0 Å². The summed E-state index contributed by atoms with van der Waals surface area (Å²) in [5, 5.41) is 0. The zero-order chi connectivity index (χ0) is 32.1. The molecule has 0 spiro atoms. The summed E-state index contributed by atoms with van der Waals surface area (Å²) in [5.74, 6) is 1.49. The SMILES string of the molecule is CCCCCCCCCc1ccc(OCCO[P+](=O)[O-])cc1.CCCCCCCCCc1ccc(OCCO[P+](=O)[O-])cc1.[Ca+2]. The zero-order valence-electron chi connectivity index (χ0n) is 27.6. The first kappa shape index (κ1) is 44.3. The van der Waals surface area contributed by atoms with Gasteiger partial charge in [0.2, 0.25) is 0 Å². The van der Waals surface area contributed by atoms with Gasteiger partial charge in [-0.15, -0.1) is 9.05 Å². The zero-order valence-corrected chi connectivity index (χ0v) is 31.6. The van der Waals surface area contributed by atoms with E-state index in [4.69, 9.17) is 9.47 Å². The first-order chi connectivity index (χ1) is 21.4. The molecule has 2 rings (SSSR count). The minimum atomic E-state index is -2.78. The minimum Gasteiger partial charge on any atom is -0.566 e. The van der Waals surface area contributed by atoms with Gasteiger partial charge in [0.1, 0.15) is 37.9 Å². The molecule has 2 aromatic rings. The molecule has 0 fully saturated rings. The Morgan fingerprint density at radius 3 is 1.11 bits per heavy atom. The number of rotatable bonds is 26. The van der Waals surface area contributed by atoms with Crippen molar-refractivity contribution in [3.8, 4) is 11.5 Å². The van der Waals surface area contributed by atoms with Crippen LogP contribution in [0.5, 0.6) is 11.5 Å². The Balaban J connectivity index is 0.000000842. The van der Waals surface area contributed by atoms with Crippen molar-refractivity contribution in [2.24, 2.45) is 0 Å². The second-order valence-corrected chi connectivity index (χ2v) is 12.3. The van der Waals surface area contributed by atoms with Gasteiger partial charge in [-0.3, -0.25) is 0 Å². The first-order valence-corrected chi connectivity index (χ1v) is 18.6. The molecule has 45 heavy (non-hydrogen) atoms. The van der Waals surface area contributed by atoms with Gasteiger partial charge in [-0.2, -0.15) is 0 Å². The standard InChI is InChI=1S/2C17H27O4P.Ca/c2*1-2-3-4-5-6-7-8-9-16-10-12-17(13-11-16)20-14-15-21-22(18)19;/h2*10-13H,2-9,14-15H2,1H3;/q;;+2. The van der Waals surface area contributed by atoms with Gasteiger partial charge >= 0.3 is 54.2 Å². The van der Waals surface area contributed by atoms with Crippen molar-refractivity contribution < 1.29 is 37.4 Å². The monoisotopic (exact) mass is 692 g/mol. The number of unbranched alkanes of at least 4 members (excludes halogenated alkanes) is 12. The van der Waals surface area contributed by atoms with Crippen LogP contribution in [0, 0.1) is 0 Å². The molecule has 0 aliphatic heterocycles. The molecule has 0 aliphatic carbocycles. The largest absolute Gasteiger partial charge is 2.00 e. The summed E-state index contributed by atoms with van der Waals surface area (Å²) >= 11 is 0. The number of ether oxygens (including phenoxy) is 2. The number of hydrogen-bond acceptors (Lipinski definition) is 8. The van der Waals surface area contributed by atoms with E-state index in [2.05, 4.69) is 47.2 Å². The van der Waals surface area contributed by atoms with E-state index >= 15 is 0 Å². The fourth-order valence-electron chi connectivity index (χ4n) is 4.62. The van der Waals surface area contributed by atoms with Gasteiger partial charge in [-0.05, 0) is 70.2 Å². The summed E-state index contributed by atoms with van der Waals surface area (Å²) < 4.78 is 40.1. The summed E-state index contributed by atoms with van der Waals surface area (Å²) in [6.45, 7) is 5.06. The molecule has 11 heteroatoms. The maximum Gasteiger partial charge on any atom is 2.00 e. The molecular formula is C34H54CaO8P2+2. The van der Waals surface area contributed by atoms with Crippen LogP contribution < -0.4 is 19.3 Å². The molecule has 0 aromatic heterocycles. The molecule has 8 nitrogen and oxygen atoms in total. The van der Waals surface area contributed by atoms with E-state index in [1.54, 1.807) is 0 Å². The van der Waals surface area contributed by atoms with E-state index in [9.17, 15) is 18.9 Å². The molecule has 248 valence electrons. The van der Waals surface area contributed by atoms with Crippen LogP contribution in [0.2, 0.25) is 0 Å². The molecule has 0 N–H and O–H groups in total. The average Bonchev–Trinajstić information content (AvgIpc) is 3.02. The van der Waals surface area contributed by atoms with E-state index in [-0.39, 0.29) is 64.2 Å². The smallest absolute Gasteiger partial charge is 0.566 e. The third-order valence-corrected chi connectivity index (χ3v) is 7.87. The normalized spacial score (nSPS) is 11.2. The van der Waals surface area contributed by atoms with Gasteiger partial charge in [0.15, 0.2) is 0 Å². The topological polar surface area (TPSA) is 117 Å². The molecule has 0 saturated carbocycles. The Labute approximate surface area is 303 Å². The van der Waals surface area contributed by atoms with Gasteiger partial charge in [0.25, 0.3) is 0 Å². The quantitative estimate of drug-likeness (QED) is 0.0548. The predicted octanol–water partition coefficient (Wildman–Crippen LogP) is 8.40. The van der Waals surface area contributed by atoms with E-state index < -0.39 is 16.5 Å². The maximum atomic E-state index is 10.2. The summed E-state index contributed by atoms with van der Waals surface area (Å²) in [6.07, 6.45) is 20.7. The Bertz CT molecular complexity index is 898. The second kappa shape index (κ2) is 31.9. The number of aryl methyl sites for hydroxylation is 2. The summed E-state index contributed by atoms with van der Waals surface area (Å²) in [6, 6.07) is 16.0. The molecule has 0 radical (unpaired) electrons. The van der Waals surface area contributed by atoms with E-state index in [1.165, 1.54) is 101 Å². The predicted molar refractivity (Wildman–Crippen MR) is 180 cm³/mol. The molecule has 0 amide bonds. The van der Waals surface area contributed by atoms with Crippen molar-refractivity contribution in [3.05, 3.63) is 59.7 Å². The van der Waals surface area contributed by atoms with Crippen LogP contribution >= 0.6 is 16.5 Å². The Hall–Kier alpha value is -0.660. The summed E-state index contributed by atoms with van der Waals surface area (Å²) in [4.78, 5) is 20.4. The first-order valence-electron chi connectivity index (χ1n) is 16.4. The van der Waals surface area contributed by atoms with Crippen molar-refractivity contribution in [2.75, 3.05) is 26.4 Å². The van der Waals surface area contributed by atoms with Crippen molar-refractivity contribution in [2.45, 2.75) is 117 Å². The fourth-order valence-corrected chi connectivity index (χ4v) is 5.07. The third kappa shape index (κ3) is 28.1. The number of benzene rings is 2. The van der Waals surface area contributed by atoms with Gasteiger partial charge < -0.3 is 19.3 Å². The second-order valence-electron chi connectivity index (χ2n) is 10.8. The third-order valence-electron chi connectivity index (χ3n) is 7.08. The van der Waals surface area contributed by atoms with Crippen LogP contribution in [0.4, 0.5) is 0 Å². The fraction of sp³-hybridized carbons (Fsp3) is 0.647. The van der Waals surface area contributed by atoms with Gasteiger partial charge in [0, 0.05) is 0 Å². The maximum absolute atomic E-state index is 10.2. The molecule has 2 aromatic carbocycles. The van der Waals surface area contributed by atoms with Crippen molar-refractivity contribution >= 4 is 54.2 Å². The van der Waals surface area contributed by atoms with Crippen LogP contribution in [-0.2, 0) is 31.0 Å². The van der Waals surface area contributed by atoms with E-state index in [1.807, 2.05) is 24.3 Å². The van der Waals surface area contributed by atoms with Crippen LogP contribution in [-0.4, -0.2) is 64.2 Å². The minimum absolute atomic E-state index is 0. The number of hydrogen-bond donors (Lipinski definition) is 0. The molecule has 0 bridgehead atoms. The van der Waals surface area contributed by atoms with Crippen molar-refractivity contribution in [1.82, 2.24) is 0 Å². The van der Waals surface area contributed by atoms with Crippen LogP contribution in [0.25, 0.3) is 0 Å². The Morgan fingerprint density at radius 1 is 0.489 bits per heavy atom. The summed E-state index contributed by atoms with van der Waals surface area (Å²) in [7, 11) is -5.56. The Kier molecular flexibility index (Phi) is 31.4. The molecule has 0 heterocycles. The van der Waals surface area contributed by atoms with Crippen molar-refractivity contribution in [3.63, 3.8) is 0 Å². The summed E-state index contributed by atoms with van der Waals surface area (Å²) in [5.41, 5.74) is 2.64. The van der Waals surface area contributed by atoms with Crippen molar-refractivity contribution in [1.29, 1.82) is 0 Å².